The van der Waals surface area contributed by atoms with Gasteiger partial charge in [0.25, 0.3) is 0 Å². The van der Waals surface area contributed by atoms with E-state index in [1.165, 1.54) is 0 Å². The van der Waals surface area contributed by atoms with Gasteiger partial charge in [0.15, 0.2) is 4.90 Å². The molecule has 5 nitrogen and oxygen atoms in total. The van der Waals surface area contributed by atoms with Crippen molar-refractivity contribution in [2.75, 3.05) is 13.1 Å². The van der Waals surface area contributed by atoms with Crippen molar-refractivity contribution < 1.29 is 21.9 Å². The lowest BCUT2D eigenvalue weighted by molar-refractivity contribution is 0.207. The van der Waals surface area contributed by atoms with E-state index < -0.39 is 32.7 Å². The van der Waals surface area contributed by atoms with Crippen molar-refractivity contribution in [3.8, 4) is 5.88 Å². The van der Waals surface area contributed by atoms with Crippen molar-refractivity contribution in [3.05, 3.63) is 66.2 Å². The molecular formula is C19H16F2N2O3S. The van der Waals surface area contributed by atoms with E-state index in [2.05, 4.69) is 4.98 Å². The number of halogens is 2. The van der Waals surface area contributed by atoms with Crippen LogP contribution in [0, 0.1) is 11.6 Å². The van der Waals surface area contributed by atoms with Crippen LogP contribution in [0.1, 0.15) is 6.42 Å². The van der Waals surface area contributed by atoms with Gasteiger partial charge in [0, 0.05) is 18.0 Å². The maximum absolute atomic E-state index is 13.9. The van der Waals surface area contributed by atoms with Crippen molar-refractivity contribution in [3.63, 3.8) is 0 Å². The highest BCUT2D eigenvalue weighted by Crippen LogP contribution is 2.27. The number of aromatic nitrogens is 1. The molecule has 1 fully saturated rings. The van der Waals surface area contributed by atoms with Crippen LogP contribution in [0.25, 0.3) is 10.9 Å². The fourth-order valence-corrected chi connectivity index (χ4v) is 4.75. The minimum atomic E-state index is -4.28. The molecule has 4 rings (SSSR count). The van der Waals surface area contributed by atoms with Crippen LogP contribution in [0.3, 0.4) is 0 Å². The third kappa shape index (κ3) is 3.38. The Morgan fingerprint density at radius 3 is 2.52 bits per heavy atom. The molecule has 0 aliphatic carbocycles. The average molecular weight is 390 g/mol. The van der Waals surface area contributed by atoms with E-state index in [0.29, 0.717) is 12.3 Å². The Labute approximate surface area is 155 Å². The average Bonchev–Trinajstić information content (AvgIpc) is 3.11. The van der Waals surface area contributed by atoms with Crippen LogP contribution >= 0.6 is 0 Å². The van der Waals surface area contributed by atoms with E-state index in [-0.39, 0.29) is 13.1 Å². The predicted molar refractivity (Wildman–Crippen MR) is 95.9 cm³/mol. The molecule has 1 unspecified atom stereocenters. The van der Waals surface area contributed by atoms with Crippen LogP contribution in [-0.4, -0.2) is 36.9 Å². The zero-order valence-electron chi connectivity index (χ0n) is 14.2. The van der Waals surface area contributed by atoms with Gasteiger partial charge in [-0.05, 0) is 30.7 Å². The van der Waals surface area contributed by atoms with Crippen molar-refractivity contribution in [1.29, 1.82) is 0 Å². The van der Waals surface area contributed by atoms with Crippen LogP contribution in [-0.2, 0) is 10.0 Å². The largest absolute Gasteiger partial charge is 0.473 e. The fourth-order valence-electron chi connectivity index (χ4n) is 3.15. The van der Waals surface area contributed by atoms with Gasteiger partial charge in [-0.3, -0.25) is 0 Å². The summed E-state index contributed by atoms with van der Waals surface area (Å²) in [4.78, 5) is 3.48. The van der Waals surface area contributed by atoms with Gasteiger partial charge in [-0.1, -0.05) is 24.3 Å². The molecule has 1 saturated heterocycles. The summed E-state index contributed by atoms with van der Waals surface area (Å²) in [7, 11) is -4.28. The highest BCUT2D eigenvalue weighted by atomic mass is 32.2. The number of rotatable bonds is 4. The Hall–Kier alpha value is -2.58. The summed E-state index contributed by atoms with van der Waals surface area (Å²) in [5.41, 5.74) is 0.769. The third-order valence-electron chi connectivity index (χ3n) is 4.48. The zero-order valence-corrected chi connectivity index (χ0v) is 15.0. The van der Waals surface area contributed by atoms with Crippen LogP contribution in [0.2, 0.25) is 0 Å². The summed E-state index contributed by atoms with van der Waals surface area (Å²) in [5.74, 6) is -1.82. The first-order valence-corrected chi connectivity index (χ1v) is 9.86. The summed E-state index contributed by atoms with van der Waals surface area (Å²) in [5, 5.41) is 0.968. The molecule has 0 N–H and O–H groups in total. The quantitative estimate of drug-likeness (QED) is 0.686. The predicted octanol–water partition coefficient (Wildman–Crippen LogP) is 3.36. The molecule has 0 bridgehead atoms. The van der Waals surface area contributed by atoms with Crippen molar-refractivity contribution >= 4 is 20.9 Å². The SMILES string of the molecule is O=S(=O)(c1c(F)cccc1F)N1CCC(Oc2ccc3ccccc3n2)C1. The van der Waals surface area contributed by atoms with Gasteiger partial charge in [-0.2, -0.15) is 4.31 Å². The van der Waals surface area contributed by atoms with Gasteiger partial charge >= 0.3 is 0 Å². The van der Waals surface area contributed by atoms with E-state index in [9.17, 15) is 17.2 Å². The second-order valence-electron chi connectivity index (χ2n) is 6.28. The number of sulfonamides is 1. The van der Waals surface area contributed by atoms with Gasteiger partial charge in [-0.25, -0.2) is 22.2 Å². The summed E-state index contributed by atoms with van der Waals surface area (Å²) in [6.45, 7) is 0.124. The molecule has 140 valence electrons. The lowest BCUT2D eigenvalue weighted by Crippen LogP contribution is -2.32. The van der Waals surface area contributed by atoms with Crippen LogP contribution in [0.15, 0.2) is 59.5 Å². The number of hydrogen-bond acceptors (Lipinski definition) is 4. The zero-order chi connectivity index (χ0) is 19.0. The molecule has 0 radical (unpaired) electrons. The molecule has 27 heavy (non-hydrogen) atoms. The minimum Gasteiger partial charge on any atom is -0.473 e. The van der Waals surface area contributed by atoms with Crippen molar-refractivity contribution in [2.45, 2.75) is 17.4 Å². The molecule has 1 aliphatic rings. The third-order valence-corrected chi connectivity index (χ3v) is 6.40. The lowest BCUT2D eigenvalue weighted by atomic mass is 10.2. The topological polar surface area (TPSA) is 59.5 Å². The molecule has 3 aromatic rings. The van der Waals surface area contributed by atoms with Crippen molar-refractivity contribution in [1.82, 2.24) is 9.29 Å². The number of fused-ring (bicyclic) bond motifs is 1. The fraction of sp³-hybridized carbons (Fsp3) is 0.211. The standard InChI is InChI=1S/C19H16F2N2O3S/c20-15-5-3-6-16(21)19(15)27(24,25)23-11-10-14(12-23)26-18-9-8-13-4-1-2-7-17(13)22-18/h1-9,14H,10-12H2. The molecule has 2 heterocycles. The Bertz CT molecular complexity index is 1080. The Morgan fingerprint density at radius 2 is 1.74 bits per heavy atom. The first-order valence-electron chi connectivity index (χ1n) is 8.42. The maximum atomic E-state index is 13.9. The first kappa shape index (κ1) is 17.8. The molecule has 1 aliphatic heterocycles. The highest BCUT2D eigenvalue weighted by Gasteiger charge is 2.37. The van der Waals surface area contributed by atoms with Gasteiger partial charge in [0.2, 0.25) is 15.9 Å². The Kier molecular flexibility index (Phi) is 4.53. The van der Waals surface area contributed by atoms with Gasteiger partial charge in [0.1, 0.15) is 17.7 Å². The molecule has 0 spiro atoms. The number of benzene rings is 2. The molecule has 0 saturated carbocycles. The van der Waals surface area contributed by atoms with Gasteiger partial charge in [0.05, 0.1) is 12.1 Å². The number of ether oxygens (including phenoxy) is 1. The molecule has 2 aromatic carbocycles. The number of pyridine rings is 1. The lowest BCUT2D eigenvalue weighted by Gasteiger charge is -2.18. The minimum absolute atomic E-state index is 0.00458. The van der Waals surface area contributed by atoms with Crippen LogP contribution < -0.4 is 4.74 Å². The normalized spacial score (nSPS) is 18.1. The smallest absolute Gasteiger partial charge is 0.249 e. The molecular weight excluding hydrogens is 374 g/mol. The second-order valence-corrected chi connectivity index (χ2v) is 8.16. The van der Waals surface area contributed by atoms with Crippen LogP contribution in [0.4, 0.5) is 8.78 Å². The summed E-state index contributed by atoms with van der Waals surface area (Å²) in [6, 6.07) is 14.1. The second kappa shape index (κ2) is 6.86. The van der Waals surface area contributed by atoms with E-state index >= 15 is 0 Å². The van der Waals surface area contributed by atoms with Crippen molar-refractivity contribution in [2.24, 2.45) is 0 Å². The number of hydrogen-bond donors (Lipinski definition) is 0. The van der Waals surface area contributed by atoms with E-state index in [4.69, 9.17) is 4.74 Å². The van der Waals surface area contributed by atoms with Crippen LogP contribution in [0.5, 0.6) is 5.88 Å². The summed E-state index contributed by atoms with van der Waals surface area (Å²) >= 11 is 0. The van der Waals surface area contributed by atoms with Gasteiger partial charge in [-0.15, -0.1) is 0 Å². The van der Waals surface area contributed by atoms with Gasteiger partial charge < -0.3 is 4.74 Å². The molecule has 0 amide bonds. The van der Waals surface area contributed by atoms with E-state index in [1.54, 1.807) is 6.07 Å². The number of nitrogens with zero attached hydrogens (tertiary/aromatic N) is 2. The highest BCUT2D eigenvalue weighted by molar-refractivity contribution is 7.89. The molecule has 1 atom stereocenters. The van der Waals surface area contributed by atoms with E-state index in [1.807, 2.05) is 30.3 Å². The Balaban J connectivity index is 1.52. The Morgan fingerprint density at radius 1 is 1.00 bits per heavy atom. The molecule has 8 heteroatoms. The monoisotopic (exact) mass is 390 g/mol. The number of para-hydroxylation sites is 1. The van der Waals surface area contributed by atoms with E-state index in [0.717, 1.165) is 33.4 Å². The first-order chi connectivity index (χ1) is 12.9. The molecule has 1 aromatic heterocycles. The summed E-state index contributed by atoms with van der Waals surface area (Å²) in [6.07, 6.45) is -0.0349. The maximum Gasteiger partial charge on any atom is 0.249 e. The summed E-state index contributed by atoms with van der Waals surface area (Å²) < 4.78 is 59.9.